The van der Waals surface area contributed by atoms with E-state index in [1.165, 1.54) is 43.8 Å². The Bertz CT molecular complexity index is 1160. The first-order valence-electron chi connectivity index (χ1n) is 9.81. The number of benzene rings is 2. The van der Waals surface area contributed by atoms with Gasteiger partial charge in [0.25, 0.3) is 11.8 Å². The molecule has 2 N–H and O–H groups in total. The number of nitrogens with one attached hydrogen (secondary N) is 2. The minimum absolute atomic E-state index is 0.249. The first-order valence-corrected chi connectivity index (χ1v) is 10.6. The Kier molecular flexibility index (Phi) is 8.20. The highest BCUT2D eigenvalue weighted by atomic mass is 32.1. The lowest BCUT2D eigenvalue weighted by atomic mass is 10.2. The van der Waals surface area contributed by atoms with Crippen LogP contribution in [-0.4, -0.2) is 38.6 Å². The summed E-state index contributed by atoms with van der Waals surface area (Å²) in [4.78, 5) is 37.9. The van der Waals surface area contributed by atoms with E-state index in [4.69, 9.17) is 14.2 Å². The second-order valence-corrected chi connectivity index (χ2v) is 7.70. The molecule has 9 heteroatoms. The predicted molar refractivity (Wildman–Crippen MR) is 125 cm³/mol. The molecule has 0 unspecified atom stereocenters. The molecule has 0 aliphatic carbocycles. The van der Waals surface area contributed by atoms with E-state index >= 15 is 0 Å². The zero-order chi connectivity index (χ0) is 23.6. The maximum absolute atomic E-state index is 12.2. The van der Waals surface area contributed by atoms with Crippen LogP contribution in [0.3, 0.4) is 0 Å². The van der Waals surface area contributed by atoms with Gasteiger partial charge in [0.05, 0.1) is 14.2 Å². The van der Waals surface area contributed by atoms with E-state index in [0.717, 1.165) is 15.3 Å². The number of hydrogen-bond acceptors (Lipinski definition) is 7. The summed E-state index contributed by atoms with van der Waals surface area (Å²) in [5, 5.41) is 0. The van der Waals surface area contributed by atoms with Crippen LogP contribution >= 0.6 is 11.3 Å². The number of ether oxygens (including phenoxy) is 3. The summed E-state index contributed by atoms with van der Waals surface area (Å²) in [6, 6.07) is 18.3. The third kappa shape index (κ3) is 6.68. The van der Waals surface area contributed by atoms with Crippen molar-refractivity contribution >= 4 is 35.2 Å². The lowest BCUT2D eigenvalue weighted by molar-refractivity contribution is -0.144. The van der Waals surface area contributed by atoms with E-state index in [0.29, 0.717) is 11.5 Å². The minimum Gasteiger partial charge on any atom is -0.493 e. The minimum atomic E-state index is -0.687. The molecule has 2 amide bonds. The van der Waals surface area contributed by atoms with E-state index in [1.54, 1.807) is 12.1 Å². The molecule has 0 saturated heterocycles. The van der Waals surface area contributed by atoms with Gasteiger partial charge in [-0.1, -0.05) is 30.3 Å². The second-order valence-electron chi connectivity index (χ2n) is 6.58. The topological polar surface area (TPSA) is 103 Å². The first-order chi connectivity index (χ1) is 16.0. The quantitative estimate of drug-likeness (QED) is 0.300. The molecule has 0 fully saturated rings. The Morgan fingerprint density at radius 2 is 1.67 bits per heavy atom. The van der Waals surface area contributed by atoms with E-state index in [-0.39, 0.29) is 5.56 Å². The van der Waals surface area contributed by atoms with Crippen LogP contribution in [0.4, 0.5) is 0 Å². The Labute approximate surface area is 194 Å². The number of amides is 2. The average molecular weight is 467 g/mol. The average Bonchev–Trinajstić information content (AvgIpc) is 3.34. The summed E-state index contributed by atoms with van der Waals surface area (Å²) in [6.45, 7) is -0.547. The van der Waals surface area contributed by atoms with Gasteiger partial charge in [0, 0.05) is 21.4 Å². The third-order valence-electron chi connectivity index (χ3n) is 4.38. The maximum atomic E-state index is 12.2. The molecule has 0 aliphatic heterocycles. The number of hydrazine groups is 1. The fourth-order valence-corrected chi connectivity index (χ4v) is 3.66. The van der Waals surface area contributed by atoms with Crippen molar-refractivity contribution < 1.29 is 28.6 Å². The summed E-state index contributed by atoms with van der Waals surface area (Å²) in [5.41, 5.74) is 5.78. The highest BCUT2D eigenvalue weighted by Gasteiger charge is 2.12. The number of hydrogen-bond donors (Lipinski definition) is 2. The van der Waals surface area contributed by atoms with Gasteiger partial charge in [0.2, 0.25) is 0 Å². The summed E-state index contributed by atoms with van der Waals surface area (Å²) >= 11 is 1.53. The van der Waals surface area contributed by atoms with Crippen molar-refractivity contribution in [2.45, 2.75) is 0 Å². The molecule has 2 aromatic carbocycles. The normalized spacial score (nSPS) is 10.5. The van der Waals surface area contributed by atoms with Crippen LogP contribution < -0.4 is 20.3 Å². The molecule has 33 heavy (non-hydrogen) atoms. The van der Waals surface area contributed by atoms with Crippen molar-refractivity contribution in [3.8, 4) is 21.9 Å². The van der Waals surface area contributed by atoms with Gasteiger partial charge in [-0.3, -0.25) is 20.4 Å². The van der Waals surface area contributed by atoms with E-state index in [2.05, 4.69) is 10.9 Å². The monoisotopic (exact) mass is 466 g/mol. The largest absolute Gasteiger partial charge is 0.493 e. The van der Waals surface area contributed by atoms with Gasteiger partial charge < -0.3 is 14.2 Å². The van der Waals surface area contributed by atoms with Gasteiger partial charge in [-0.25, -0.2) is 4.79 Å². The SMILES string of the molecule is COc1ccc(C(=O)NNC(=O)COC(=O)/C=C/c2ccc(-c3ccccc3)s2)cc1OC. The summed E-state index contributed by atoms with van der Waals surface area (Å²) < 4.78 is 15.2. The summed E-state index contributed by atoms with van der Waals surface area (Å²) in [6.07, 6.45) is 2.87. The molecule has 0 aliphatic rings. The number of carbonyl (C=O) groups is 3. The molecule has 1 aromatic heterocycles. The molecule has 1 heterocycles. The molecule has 170 valence electrons. The van der Waals surface area contributed by atoms with Crippen LogP contribution in [0.5, 0.6) is 11.5 Å². The molecule has 8 nitrogen and oxygen atoms in total. The Morgan fingerprint density at radius 3 is 2.39 bits per heavy atom. The van der Waals surface area contributed by atoms with Gasteiger partial charge >= 0.3 is 5.97 Å². The van der Waals surface area contributed by atoms with Crippen molar-refractivity contribution in [3.63, 3.8) is 0 Å². The lowest BCUT2D eigenvalue weighted by Crippen LogP contribution is -2.43. The zero-order valence-electron chi connectivity index (χ0n) is 18.0. The van der Waals surface area contributed by atoms with Crippen LogP contribution in [0.25, 0.3) is 16.5 Å². The fraction of sp³-hybridized carbons (Fsp3) is 0.125. The zero-order valence-corrected chi connectivity index (χ0v) is 18.8. The lowest BCUT2D eigenvalue weighted by Gasteiger charge is -2.10. The first kappa shape index (κ1) is 23.6. The molecule has 3 rings (SSSR count). The molecule has 0 spiro atoms. The van der Waals surface area contributed by atoms with Crippen LogP contribution in [0.15, 0.2) is 66.7 Å². The van der Waals surface area contributed by atoms with Crippen LogP contribution in [0.2, 0.25) is 0 Å². The molecule has 0 atom stereocenters. The van der Waals surface area contributed by atoms with Crippen molar-refractivity contribution in [2.75, 3.05) is 20.8 Å². The van der Waals surface area contributed by atoms with Crippen LogP contribution in [-0.2, 0) is 14.3 Å². The van der Waals surface area contributed by atoms with Gasteiger partial charge in [0.1, 0.15) is 0 Å². The molecular weight excluding hydrogens is 444 g/mol. The Hall–Kier alpha value is -4.11. The fourth-order valence-electron chi connectivity index (χ4n) is 2.75. The van der Waals surface area contributed by atoms with Gasteiger partial charge in [-0.2, -0.15) is 0 Å². The van der Waals surface area contributed by atoms with Gasteiger partial charge in [0.15, 0.2) is 18.1 Å². The van der Waals surface area contributed by atoms with Crippen LogP contribution in [0, 0.1) is 0 Å². The number of rotatable bonds is 8. The molecular formula is C24H22N2O6S. The molecule has 0 bridgehead atoms. The smallest absolute Gasteiger partial charge is 0.331 e. The van der Waals surface area contributed by atoms with Gasteiger partial charge in [-0.15, -0.1) is 11.3 Å². The maximum Gasteiger partial charge on any atom is 0.331 e. The Balaban J connectivity index is 1.44. The van der Waals surface area contributed by atoms with E-state index in [1.807, 2.05) is 42.5 Å². The van der Waals surface area contributed by atoms with Gasteiger partial charge in [-0.05, 0) is 42.0 Å². The number of thiophene rings is 1. The van der Waals surface area contributed by atoms with E-state index in [9.17, 15) is 14.4 Å². The highest BCUT2D eigenvalue weighted by Crippen LogP contribution is 2.29. The predicted octanol–water partition coefficient (Wildman–Crippen LogP) is 3.45. The molecule has 0 radical (unpaired) electrons. The number of carbonyl (C=O) groups excluding carboxylic acids is 3. The third-order valence-corrected chi connectivity index (χ3v) is 5.48. The number of esters is 1. The Morgan fingerprint density at radius 1 is 0.909 bits per heavy atom. The summed E-state index contributed by atoms with van der Waals surface area (Å²) in [5.74, 6) is -1.09. The standard InChI is InChI=1S/C24H22N2O6S/c1-30-19-11-8-17(14-20(19)31-2)24(29)26-25-22(27)15-32-23(28)13-10-18-9-12-21(33-18)16-6-4-3-5-7-16/h3-14H,15H2,1-2H3,(H,25,27)(H,26,29)/b13-10+. The second kappa shape index (κ2) is 11.5. The van der Waals surface area contributed by atoms with E-state index < -0.39 is 24.4 Å². The van der Waals surface area contributed by atoms with Crippen molar-refractivity contribution in [1.29, 1.82) is 0 Å². The van der Waals surface area contributed by atoms with Crippen molar-refractivity contribution in [2.24, 2.45) is 0 Å². The molecule has 0 saturated carbocycles. The molecule has 3 aromatic rings. The highest BCUT2D eigenvalue weighted by molar-refractivity contribution is 7.16. The van der Waals surface area contributed by atoms with Crippen molar-refractivity contribution in [3.05, 3.63) is 77.2 Å². The van der Waals surface area contributed by atoms with Crippen molar-refractivity contribution in [1.82, 2.24) is 10.9 Å². The number of methoxy groups -OCH3 is 2. The van der Waals surface area contributed by atoms with Crippen LogP contribution in [0.1, 0.15) is 15.2 Å². The summed E-state index contributed by atoms with van der Waals surface area (Å²) in [7, 11) is 2.93.